The number of anilines is 1. The summed E-state index contributed by atoms with van der Waals surface area (Å²) in [5.41, 5.74) is 4.86. The molecule has 0 bridgehead atoms. The molecular weight excluding hydrogens is 218 g/mol. The quantitative estimate of drug-likeness (QED) is 0.741. The summed E-state index contributed by atoms with van der Waals surface area (Å²) in [7, 11) is 0. The van der Waals surface area contributed by atoms with E-state index in [1.165, 1.54) is 22.4 Å². The van der Waals surface area contributed by atoms with Crippen LogP contribution < -0.4 is 5.32 Å². The molecule has 0 saturated heterocycles. The molecule has 0 aliphatic carbocycles. The molecule has 1 N–H and O–H groups in total. The van der Waals surface area contributed by atoms with E-state index in [1.807, 2.05) is 6.07 Å². The average molecular weight is 237 g/mol. The van der Waals surface area contributed by atoms with Crippen molar-refractivity contribution in [2.24, 2.45) is 0 Å². The Labute approximate surface area is 109 Å². The molecule has 0 radical (unpaired) electrons. The molecule has 0 aromatic heterocycles. The first-order chi connectivity index (χ1) is 8.81. The van der Waals surface area contributed by atoms with Crippen LogP contribution in [0.2, 0.25) is 0 Å². The molecule has 0 fully saturated rings. The molecule has 0 heterocycles. The Morgan fingerprint density at radius 3 is 2.39 bits per heavy atom. The summed E-state index contributed by atoms with van der Waals surface area (Å²) in [5, 5.41) is 3.46. The van der Waals surface area contributed by atoms with Gasteiger partial charge in [-0.05, 0) is 18.1 Å². The molecule has 0 spiro atoms. The van der Waals surface area contributed by atoms with Gasteiger partial charge in [-0.1, -0.05) is 67.6 Å². The highest BCUT2D eigenvalue weighted by Crippen LogP contribution is 2.27. The fourth-order valence-electron chi connectivity index (χ4n) is 1.85. The molecule has 2 aromatic rings. The van der Waals surface area contributed by atoms with Gasteiger partial charge in [-0.3, -0.25) is 0 Å². The van der Waals surface area contributed by atoms with Crippen LogP contribution in [0.5, 0.6) is 0 Å². The molecular formula is C17H19N. The van der Waals surface area contributed by atoms with Crippen molar-refractivity contribution in [1.29, 1.82) is 0 Å². The fraction of sp³-hybridized carbons (Fsp3) is 0.176. The summed E-state index contributed by atoms with van der Waals surface area (Å²) >= 11 is 0. The topological polar surface area (TPSA) is 12.0 Å². The molecule has 0 aliphatic heterocycles. The second kappa shape index (κ2) is 6.06. The predicted octanol–water partition coefficient (Wildman–Crippen LogP) is 4.73. The van der Waals surface area contributed by atoms with E-state index in [-0.39, 0.29) is 0 Å². The van der Waals surface area contributed by atoms with Crippen LogP contribution in [0.3, 0.4) is 0 Å². The van der Waals surface area contributed by atoms with Gasteiger partial charge in [-0.15, -0.1) is 0 Å². The highest BCUT2D eigenvalue weighted by Gasteiger charge is 2.03. The van der Waals surface area contributed by atoms with Gasteiger partial charge in [-0.25, -0.2) is 0 Å². The Bertz CT molecular complexity index is 514. The summed E-state index contributed by atoms with van der Waals surface area (Å²) in [6.45, 7) is 6.99. The van der Waals surface area contributed by atoms with Crippen LogP contribution >= 0.6 is 0 Å². The molecule has 92 valence electrons. The van der Waals surface area contributed by atoms with E-state index in [0.29, 0.717) is 0 Å². The Morgan fingerprint density at radius 2 is 1.67 bits per heavy atom. The van der Waals surface area contributed by atoms with Crippen LogP contribution in [0.4, 0.5) is 5.69 Å². The molecule has 2 rings (SSSR count). The predicted molar refractivity (Wildman–Crippen MR) is 79.8 cm³/mol. The number of rotatable bonds is 5. The molecule has 0 saturated carbocycles. The zero-order chi connectivity index (χ0) is 12.8. The van der Waals surface area contributed by atoms with Crippen LogP contribution in [-0.2, 0) is 0 Å². The molecule has 18 heavy (non-hydrogen) atoms. The van der Waals surface area contributed by atoms with E-state index in [2.05, 4.69) is 67.4 Å². The van der Waals surface area contributed by atoms with E-state index >= 15 is 0 Å². The number of para-hydroxylation sites is 1. The fourth-order valence-corrected chi connectivity index (χ4v) is 1.85. The Kier molecular flexibility index (Phi) is 4.19. The van der Waals surface area contributed by atoms with Crippen LogP contribution in [0, 0.1) is 0 Å². The maximum atomic E-state index is 4.03. The smallest absolute Gasteiger partial charge is 0.0422 e. The third kappa shape index (κ3) is 3.01. The van der Waals surface area contributed by atoms with Crippen LogP contribution in [0.15, 0.2) is 66.7 Å². The van der Waals surface area contributed by atoms with Crippen LogP contribution in [0.25, 0.3) is 11.1 Å². The number of nitrogens with one attached hydrogen (secondary N) is 1. The summed E-state index contributed by atoms with van der Waals surface area (Å²) < 4.78 is 0. The summed E-state index contributed by atoms with van der Waals surface area (Å²) in [6, 6.07) is 18.8. The van der Waals surface area contributed by atoms with Gasteiger partial charge in [0.05, 0.1) is 0 Å². The van der Waals surface area contributed by atoms with Gasteiger partial charge >= 0.3 is 0 Å². The molecule has 1 heteroatoms. The second-order valence-electron chi connectivity index (χ2n) is 4.37. The number of benzene rings is 2. The average Bonchev–Trinajstić information content (AvgIpc) is 2.46. The van der Waals surface area contributed by atoms with Gasteiger partial charge in [0.2, 0.25) is 0 Å². The summed E-state index contributed by atoms with van der Waals surface area (Å²) in [4.78, 5) is 0. The van der Waals surface area contributed by atoms with E-state index in [4.69, 9.17) is 0 Å². The van der Waals surface area contributed by atoms with Gasteiger partial charge in [-0.2, -0.15) is 0 Å². The minimum atomic E-state index is 0.834. The molecule has 0 atom stereocenters. The normalized spacial score (nSPS) is 10.1. The van der Waals surface area contributed by atoms with E-state index in [0.717, 1.165) is 13.0 Å². The van der Waals surface area contributed by atoms with Gasteiger partial charge in [0.1, 0.15) is 0 Å². The standard InChI is InChI=1S/C17H19N/c1-3-14(2)13-18-17-12-8-7-11-16(17)15-9-5-4-6-10-15/h4-12,18H,2-3,13H2,1H3. The van der Waals surface area contributed by atoms with Crippen molar-refractivity contribution < 1.29 is 0 Å². The van der Waals surface area contributed by atoms with Crippen molar-refractivity contribution in [2.45, 2.75) is 13.3 Å². The zero-order valence-corrected chi connectivity index (χ0v) is 10.8. The highest BCUT2D eigenvalue weighted by atomic mass is 14.9. The third-order valence-corrected chi connectivity index (χ3v) is 3.04. The lowest BCUT2D eigenvalue weighted by Crippen LogP contribution is -2.04. The van der Waals surface area contributed by atoms with Crippen molar-refractivity contribution in [3.63, 3.8) is 0 Å². The first-order valence-electron chi connectivity index (χ1n) is 6.36. The van der Waals surface area contributed by atoms with E-state index in [1.54, 1.807) is 0 Å². The van der Waals surface area contributed by atoms with Crippen molar-refractivity contribution >= 4 is 5.69 Å². The number of hydrogen-bond acceptors (Lipinski definition) is 1. The second-order valence-corrected chi connectivity index (χ2v) is 4.37. The first kappa shape index (κ1) is 12.4. The zero-order valence-electron chi connectivity index (χ0n) is 10.8. The van der Waals surface area contributed by atoms with E-state index in [9.17, 15) is 0 Å². The van der Waals surface area contributed by atoms with Gasteiger partial charge < -0.3 is 5.32 Å². The Morgan fingerprint density at radius 1 is 1.00 bits per heavy atom. The molecule has 0 amide bonds. The lowest BCUT2D eigenvalue weighted by molar-refractivity contribution is 1.05. The third-order valence-electron chi connectivity index (χ3n) is 3.04. The highest BCUT2D eigenvalue weighted by molar-refractivity contribution is 5.77. The lowest BCUT2D eigenvalue weighted by atomic mass is 10.0. The summed E-state index contributed by atoms with van der Waals surface area (Å²) in [5.74, 6) is 0. The van der Waals surface area contributed by atoms with E-state index < -0.39 is 0 Å². The Hall–Kier alpha value is -2.02. The molecule has 0 aliphatic rings. The Balaban J connectivity index is 2.24. The monoisotopic (exact) mass is 237 g/mol. The SMILES string of the molecule is C=C(CC)CNc1ccccc1-c1ccccc1. The molecule has 0 unspecified atom stereocenters. The first-order valence-corrected chi connectivity index (χ1v) is 6.36. The van der Waals surface area contributed by atoms with Crippen molar-refractivity contribution in [2.75, 3.05) is 11.9 Å². The van der Waals surface area contributed by atoms with Gasteiger partial charge in [0.25, 0.3) is 0 Å². The minimum absolute atomic E-state index is 0.834. The van der Waals surface area contributed by atoms with Crippen molar-refractivity contribution in [3.05, 3.63) is 66.7 Å². The summed E-state index contributed by atoms with van der Waals surface area (Å²) in [6.07, 6.45) is 1.01. The minimum Gasteiger partial charge on any atom is -0.381 e. The number of hydrogen-bond donors (Lipinski definition) is 1. The molecule has 2 aromatic carbocycles. The maximum Gasteiger partial charge on any atom is 0.0422 e. The van der Waals surface area contributed by atoms with Crippen LogP contribution in [0.1, 0.15) is 13.3 Å². The van der Waals surface area contributed by atoms with Crippen LogP contribution in [-0.4, -0.2) is 6.54 Å². The molecule has 1 nitrogen and oxygen atoms in total. The van der Waals surface area contributed by atoms with Crippen molar-refractivity contribution in [1.82, 2.24) is 0 Å². The maximum absolute atomic E-state index is 4.03. The van der Waals surface area contributed by atoms with Gasteiger partial charge in [0, 0.05) is 17.8 Å². The van der Waals surface area contributed by atoms with Crippen molar-refractivity contribution in [3.8, 4) is 11.1 Å². The lowest BCUT2D eigenvalue weighted by Gasteiger charge is -2.12. The van der Waals surface area contributed by atoms with Gasteiger partial charge in [0.15, 0.2) is 0 Å². The largest absolute Gasteiger partial charge is 0.381 e.